The quantitative estimate of drug-likeness (QED) is 0.790. The van der Waals surface area contributed by atoms with Crippen molar-refractivity contribution in [1.29, 1.82) is 0 Å². The van der Waals surface area contributed by atoms with Crippen molar-refractivity contribution < 1.29 is 9.53 Å². The fourth-order valence-electron chi connectivity index (χ4n) is 1.01. The van der Waals surface area contributed by atoms with Crippen molar-refractivity contribution in [2.75, 3.05) is 20.3 Å². The molecule has 78 valence electrons. The molecule has 1 aromatic heterocycles. The molecule has 0 saturated heterocycles. The number of aromatic nitrogens is 1. The average Bonchev–Trinajstić information content (AvgIpc) is 2.59. The first-order valence-corrected chi connectivity index (χ1v) is 5.14. The Labute approximate surface area is 91.2 Å². The van der Waals surface area contributed by atoms with E-state index in [1.807, 2.05) is 0 Å². The first-order valence-electron chi connectivity index (χ1n) is 4.35. The average molecular weight is 261 g/mol. The van der Waals surface area contributed by atoms with E-state index in [0.717, 1.165) is 10.9 Å². The number of halogens is 1. The molecule has 1 rings (SSSR count). The molecule has 0 aliphatic heterocycles. The number of hydrogen-bond donors (Lipinski definition) is 2. The van der Waals surface area contributed by atoms with E-state index in [2.05, 4.69) is 26.2 Å². The number of carbonyl (C=O) groups excluding carboxylic acids is 1. The Bertz CT molecular complexity index is 299. The number of methoxy groups -OCH3 is 1. The summed E-state index contributed by atoms with van der Waals surface area (Å²) in [4.78, 5) is 14.3. The summed E-state index contributed by atoms with van der Waals surface area (Å²) in [5.74, 6) is -0.0909. The molecular formula is C9H13BrN2O2. The van der Waals surface area contributed by atoms with E-state index in [-0.39, 0.29) is 5.91 Å². The summed E-state index contributed by atoms with van der Waals surface area (Å²) in [7, 11) is 1.64. The predicted octanol–water partition coefficient (Wildman–Crippen LogP) is 1.54. The van der Waals surface area contributed by atoms with Crippen LogP contribution in [-0.4, -0.2) is 31.2 Å². The maximum absolute atomic E-state index is 11.4. The Morgan fingerprint density at radius 2 is 2.50 bits per heavy atom. The maximum atomic E-state index is 11.4. The molecule has 0 atom stereocenters. The predicted molar refractivity (Wildman–Crippen MR) is 57.3 cm³/mol. The van der Waals surface area contributed by atoms with Crippen LogP contribution in [0, 0.1) is 0 Å². The Morgan fingerprint density at radius 3 is 3.07 bits per heavy atom. The number of amides is 1. The van der Waals surface area contributed by atoms with Gasteiger partial charge in [-0.1, -0.05) is 0 Å². The van der Waals surface area contributed by atoms with E-state index in [4.69, 9.17) is 4.74 Å². The van der Waals surface area contributed by atoms with Crippen molar-refractivity contribution in [3.8, 4) is 0 Å². The number of ether oxygens (including phenoxy) is 1. The topological polar surface area (TPSA) is 54.1 Å². The molecule has 0 radical (unpaired) electrons. The fraction of sp³-hybridized carbons (Fsp3) is 0.444. The smallest absolute Gasteiger partial charge is 0.267 e. The molecule has 14 heavy (non-hydrogen) atoms. The first kappa shape index (κ1) is 11.3. The van der Waals surface area contributed by atoms with Crippen LogP contribution in [0.3, 0.4) is 0 Å². The number of carbonyl (C=O) groups is 1. The summed E-state index contributed by atoms with van der Waals surface area (Å²) < 4.78 is 5.74. The van der Waals surface area contributed by atoms with Crippen LogP contribution in [-0.2, 0) is 4.74 Å². The van der Waals surface area contributed by atoms with Crippen LogP contribution in [0.4, 0.5) is 0 Å². The Kier molecular flexibility index (Phi) is 4.69. The second-order valence-electron chi connectivity index (χ2n) is 2.83. The molecule has 1 amide bonds. The van der Waals surface area contributed by atoms with E-state index in [9.17, 15) is 4.79 Å². The lowest BCUT2D eigenvalue weighted by Gasteiger charge is -2.02. The van der Waals surface area contributed by atoms with Gasteiger partial charge in [-0.2, -0.15) is 0 Å². The zero-order valence-corrected chi connectivity index (χ0v) is 9.56. The molecule has 0 saturated carbocycles. The van der Waals surface area contributed by atoms with Gasteiger partial charge in [-0.15, -0.1) is 0 Å². The van der Waals surface area contributed by atoms with Gasteiger partial charge in [0.1, 0.15) is 5.69 Å². The number of H-pyrrole nitrogens is 1. The molecule has 0 spiro atoms. The number of aromatic amines is 1. The highest BCUT2D eigenvalue weighted by Crippen LogP contribution is 2.10. The Balaban J connectivity index is 2.29. The molecule has 0 aliphatic rings. The largest absolute Gasteiger partial charge is 0.385 e. The lowest BCUT2D eigenvalue weighted by atomic mass is 10.4. The molecule has 0 bridgehead atoms. The van der Waals surface area contributed by atoms with Crippen molar-refractivity contribution in [1.82, 2.24) is 10.3 Å². The van der Waals surface area contributed by atoms with Crippen molar-refractivity contribution >= 4 is 21.8 Å². The minimum Gasteiger partial charge on any atom is -0.385 e. The molecule has 2 N–H and O–H groups in total. The van der Waals surface area contributed by atoms with Gasteiger partial charge in [-0.25, -0.2) is 0 Å². The highest BCUT2D eigenvalue weighted by atomic mass is 79.9. The third-order valence-electron chi connectivity index (χ3n) is 1.70. The first-order chi connectivity index (χ1) is 6.74. The van der Waals surface area contributed by atoms with Gasteiger partial charge in [0.25, 0.3) is 5.91 Å². The molecular weight excluding hydrogens is 248 g/mol. The summed E-state index contributed by atoms with van der Waals surface area (Å²) >= 11 is 3.26. The van der Waals surface area contributed by atoms with Crippen LogP contribution >= 0.6 is 15.9 Å². The van der Waals surface area contributed by atoms with Crippen LogP contribution in [0.1, 0.15) is 16.9 Å². The van der Waals surface area contributed by atoms with Crippen LogP contribution < -0.4 is 5.32 Å². The Hall–Kier alpha value is -0.810. The summed E-state index contributed by atoms with van der Waals surface area (Å²) in [6, 6.07) is 1.74. The zero-order chi connectivity index (χ0) is 10.4. The summed E-state index contributed by atoms with van der Waals surface area (Å²) in [5.41, 5.74) is 0.564. The van der Waals surface area contributed by atoms with Gasteiger partial charge < -0.3 is 15.0 Å². The summed E-state index contributed by atoms with van der Waals surface area (Å²) in [6.07, 6.45) is 2.55. The normalized spacial score (nSPS) is 10.1. The summed E-state index contributed by atoms with van der Waals surface area (Å²) in [5, 5.41) is 2.78. The lowest BCUT2D eigenvalue weighted by molar-refractivity contribution is 0.0944. The van der Waals surface area contributed by atoms with Crippen LogP contribution in [0.5, 0.6) is 0 Å². The second kappa shape index (κ2) is 5.82. The maximum Gasteiger partial charge on any atom is 0.267 e. The number of nitrogens with one attached hydrogen (secondary N) is 2. The summed E-state index contributed by atoms with van der Waals surface area (Å²) in [6.45, 7) is 1.29. The Morgan fingerprint density at radius 1 is 1.71 bits per heavy atom. The third-order valence-corrected chi connectivity index (χ3v) is 2.16. The van der Waals surface area contributed by atoms with Gasteiger partial charge in [0, 0.05) is 30.9 Å². The SMILES string of the molecule is COCCCNC(=O)c1cc(Br)c[nH]1. The minimum atomic E-state index is -0.0909. The van der Waals surface area contributed by atoms with E-state index in [0.29, 0.717) is 18.8 Å². The molecule has 5 heteroatoms. The van der Waals surface area contributed by atoms with Gasteiger partial charge in [-0.3, -0.25) is 4.79 Å². The molecule has 4 nitrogen and oxygen atoms in total. The van der Waals surface area contributed by atoms with Gasteiger partial charge in [0.2, 0.25) is 0 Å². The highest BCUT2D eigenvalue weighted by Gasteiger charge is 2.05. The number of hydrogen-bond acceptors (Lipinski definition) is 2. The van der Waals surface area contributed by atoms with Crippen LogP contribution in [0.15, 0.2) is 16.7 Å². The van der Waals surface area contributed by atoms with Gasteiger partial charge in [-0.05, 0) is 28.4 Å². The van der Waals surface area contributed by atoms with Crippen molar-refractivity contribution in [3.63, 3.8) is 0 Å². The van der Waals surface area contributed by atoms with Crippen molar-refractivity contribution in [2.45, 2.75) is 6.42 Å². The molecule has 0 unspecified atom stereocenters. The second-order valence-corrected chi connectivity index (χ2v) is 3.75. The van der Waals surface area contributed by atoms with Gasteiger partial charge in [0.15, 0.2) is 0 Å². The van der Waals surface area contributed by atoms with Crippen molar-refractivity contribution in [2.24, 2.45) is 0 Å². The van der Waals surface area contributed by atoms with Gasteiger partial charge >= 0.3 is 0 Å². The molecule has 0 aromatic carbocycles. The number of rotatable bonds is 5. The minimum absolute atomic E-state index is 0.0909. The van der Waals surface area contributed by atoms with E-state index >= 15 is 0 Å². The highest BCUT2D eigenvalue weighted by molar-refractivity contribution is 9.10. The van der Waals surface area contributed by atoms with Crippen LogP contribution in [0.2, 0.25) is 0 Å². The van der Waals surface area contributed by atoms with Crippen molar-refractivity contribution in [3.05, 3.63) is 22.4 Å². The standard InChI is InChI=1S/C9H13BrN2O2/c1-14-4-2-3-11-9(13)8-5-7(10)6-12-8/h5-6,12H,2-4H2,1H3,(H,11,13). The monoisotopic (exact) mass is 260 g/mol. The van der Waals surface area contributed by atoms with E-state index in [1.54, 1.807) is 19.4 Å². The molecule has 1 heterocycles. The molecule has 0 fully saturated rings. The fourth-order valence-corrected chi connectivity index (χ4v) is 1.36. The zero-order valence-electron chi connectivity index (χ0n) is 7.97. The lowest BCUT2D eigenvalue weighted by Crippen LogP contribution is -2.25. The molecule has 0 aliphatic carbocycles. The third kappa shape index (κ3) is 3.51. The molecule has 1 aromatic rings. The van der Waals surface area contributed by atoms with Gasteiger partial charge in [0.05, 0.1) is 0 Å². The van der Waals surface area contributed by atoms with Crippen LogP contribution in [0.25, 0.3) is 0 Å². The van der Waals surface area contributed by atoms with E-state index < -0.39 is 0 Å². The van der Waals surface area contributed by atoms with E-state index in [1.165, 1.54) is 0 Å².